The third-order valence-electron chi connectivity index (χ3n) is 6.37. The van der Waals surface area contributed by atoms with Crippen LogP contribution in [0.1, 0.15) is 31.7 Å². The van der Waals surface area contributed by atoms with Gasteiger partial charge in [-0.1, -0.05) is 23.5 Å². The van der Waals surface area contributed by atoms with Crippen LogP contribution in [-0.2, 0) is 4.79 Å². The Kier molecular flexibility index (Phi) is 7.70. The van der Waals surface area contributed by atoms with Gasteiger partial charge in [-0.2, -0.15) is 0 Å². The predicted octanol–water partition coefficient (Wildman–Crippen LogP) is 4.86. The third-order valence-corrected chi connectivity index (χ3v) is 7.45. The minimum absolute atomic E-state index is 0.0924. The number of nitrogens with zero attached hydrogens (tertiary/aromatic N) is 3. The summed E-state index contributed by atoms with van der Waals surface area (Å²) in [5, 5.41) is 4.21. The van der Waals surface area contributed by atoms with E-state index in [1.165, 1.54) is 11.3 Å². The number of piperidine rings is 1. The maximum Gasteiger partial charge on any atom is 0.223 e. The fourth-order valence-electron chi connectivity index (χ4n) is 4.41. The first-order chi connectivity index (χ1) is 16.1. The Balaban J connectivity index is 1.22. The number of methoxy groups -OCH3 is 1. The average Bonchev–Trinajstić information content (AvgIpc) is 3.27. The van der Waals surface area contributed by atoms with Crippen molar-refractivity contribution in [1.29, 1.82) is 0 Å². The van der Waals surface area contributed by atoms with Crippen LogP contribution in [-0.4, -0.2) is 50.7 Å². The van der Waals surface area contributed by atoms with Crippen molar-refractivity contribution in [2.75, 3.05) is 49.6 Å². The second-order valence-electron chi connectivity index (χ2n) is 8.65. The summed E-state index contributed by atoms with van der Waals surface area (Å²) in [5.41, 5.74) is 3.53. The molecule has 3 aromatic rings. The molecule has 176 valence electrons. The van der Waals surface area contributed by atoms with Crippen LogP contribution < -0.4 is 19.9 Å². The van der Waals surface area contributed by atoms with E-state index in [1.54, 1.807) is 18.4 Å². The molecule has 0 unspecified atom stereocenters. The average molecular weight is 467 g/mol. The molecule has 0 atom stereocenters. The summed E-state index contributed by atoms with van der Waals surface area (Å²) in [6, 6.07) is 14.6. The number of amides is 1. The van der Waals surface area contributed by atoms with E-state index in [0.29, 0.717) is 0 Å². The van der Waals surface area contributed by atoms with Crippen molar-refractivity contribution < 1.29 is 9.53 Å². The molecule has 2 heterocycles. The van der Waals surface area contributed by atoms with Crippen molar-refractivity contribution in [3.05, 3.63) is 48.0 Å². The van der Waals surface area contributed by atoms with Gasteiger partial charge in [0.2, 0.25) is 5.91 Å². The molecule has 1 aromatic heterocycles. The third kappa shape index (κ3) is 5.77. The van der Waals surface area contributed by atoms with E-state index in [1.807, 2.05) is 18.2 Å². The molecule has 0 radical (unpaired) electrons. The van der Waals surface area contributed by atoms with Gasteiger partial charge < -0.3 is 19.9 Å². The Morgan fingerprint density at radius 2 is 2.06 bits per heavy atom. The van der Waals surface area contributed by atoms with Crippen molar-refractivity contribution in [1.82, 2.24) is 10.3 Å². The minimum Gasteiger partial charge on any atom is -0.497 e. The minimum atomic E-state index is 0.0924. The van der Waals surface area contributed by atoms with Crippen LogP contribution in [0.4, 0.5) is 10.8 Å². The first kappa shape index (κ1) is 23.4. The van der Waals surface area contributed by atoms with Crippen LogP contribution in [0.15, 0.2) is 42.5 Å². The number of thiazole rings is 1. The molecule has 0 bridgehead atoms. The van der Waals surface area contributed by atoms with E-state index < -0.39 is 0 Å². The lowest BCUT2D eigenvalue weighted by atomic mass is 9.96. The highest BCUT2D eigenvalue weighted by atomic mass is 32.1. The maximum absolute atomic E-state index is 12.7. The molecule has 6 nitrogen and oxygen atoms in total. The zero-order chi connectivity index (χ0) is 23.2. The van der Waals surface area contributed by atoms with E-state index in [2.05, 4.69) is 53.2 Å². The normalized spacial score (nSPS) is 14.5. The van der Waals surface area contributed by atoms with Gasteiger partial charge in [0.1, 0.15) is 5.75 Å². The van der Waals surface area contributed by atoms with E-state index in [-0.39, 0.29) is 11.8 Å². The SMILES string of the molecule is CCN(CCCNC(=O)C1CCN(c2nc3ccc(OC)cc3s2)CC1)c1cccc(C)c1. The molecule has 4 rings (SSSR count). The summed E-state index contributed by atoms with van der Waals surface area (Å²) in [6.07, 6.45) is 2.69. The number of benzene rings is 2. The largest absolute Gasteiger partial charge is 0.497 e. The first-order valence-corrected chi connectivity index (χ1v) is 12.7. The summed E-state index contributed by atoms with van der Waals surface area (Å²) < 4.78 is 6.46. The molecule has 1 aliphatic rings. The van der Waals surface area contributed by atoms with Crippen molar-refractivity contribution in [3.8, 4) is 5.75 Å². The Morgan fingerprint density at radius 3 is 2.79 bits per heavy atom. The van der Waals surface area contributed by atoms with E-state index >= 15 is 0 Å². The summed E-state index contributed by atoms with van der Waals surface area (Å²) in [6.45, 7) is 8.67. The molecule has 1 aliphatic heterocycles. The second kappa shape index (κ2) is 10.9. The van der Waals surface area contributed by atoms with E-state index in [9.17, 15) is 4.79 Å². The van der Waals surface area contributed by atoms with Gasteiger partial charge in [-0.15, -0.1) is 0 Å². The maximum atomic E-state index is 12.7. The molecule has 0 aliphatic carbocycles. The van der Waals surface area contributed by atoms with Gasteiger partial charge in [-0.3, -0.25) is 4.79 Å². The molecule has 0 saturated carbocycles. The van der Waals surface area contributed by atoms with Crippen LogP contribution >= 0.6 is 11.3 Å². The lowest BCUT2D eigenvalue weighted by Crippen LogP contribution is -2.41. The van der Waals surface area contributed by atoms with Gasteiger partial charge >= 0.3 is 0 Å². The smallest absolute Gasteiger partial charge is 0.223 e. The molecular formula is C26H34N4O2S. The van der Waals surface area contributed by atoms with Gasteiger partial charge in [-0.05, 0) is 69.0 Å². The first-order valence-electron chi connectivity index (χ1n) is 11.9. The fourth-order valence-corrected chi connectivity index (χ4v) is 5.45. The molecule has 1 amide bonds. The van der Waals surface area contributed by atoms with Crippen molar-refractivity contribution in [3.63, 3.8) is 0 Å². The quantitative estimate of drug-likeness (QED) is 0.456. The number of carbonyl (C=O) groups excluding carboxylic acids is 1. The van der Waals surface area contributed by atoms with Crippen LogP contribution in [0.2, 0.25) is 0 Å². The van der Waals surface area contributed by atoms with Crippen molar-refractivity contribution in [2.24, 2.45) is 5.92 Å². The zero-order valence-corrected chi connectivity index (χ0v) is 20.7. The number of hydrogen-bond acceptors (Lipinski definition) is 6. The molecule has 1 saturated heterocycles. The highest BCUT2D eigenvalue weighted by Crippen LogP contribution is 2.33. The number of anilines is 2. The molecule has 33 heavy (non-hydrogen) atoms. The molecule has 1 fully saturated rings. The lowest BCUT2D eigenvalue weighted by Gasteiger charge is -2.31. The molecule has 7 heteroatoms. The number of aromatic nitrogens is 1. The van der Waals surface area contributed by atoms with Crippen molar-refractivity contribution >= 4 is 38.3 Å². The Bertz CT molecular complexity index is 1080. The number of nitrogens with one attached hydrogen (secondary N) is 1. The molecular weight excluding hydrogens is 432 g/mol. The lowest BCUT2D eigenvalue weighted by molar-refractivity contribution is -0.125. The molecule has 0 spiro atoms. The number of fused-ring (bicyclic) bond motifs is 1. The number of aryl methyl sites for hydroxylation is 1. The predicted molar refractivity (Wildman–Crippen MR) is 138 cm³/mol. The van der Waals surface area contributed by atoms with Crippen LogP contribution in [0.3, 0.4) is 0 Å². The van der Waals surface area contributed by atoms with Gasteiger partial charge in [0, 0.05) is 44.3 Å². The zero-order valence-electron chi connectivity index (χ0n) is 19.8. The van der Waals surface area contributed by atoms with Gasteiger partial charge in [0.15, 0.2) is 5.13 Å². The van der Waals surface area contributed by atoms with Crippen LogP contribution in [0.5, 0.6) is 5.75 Å². The van der Waals surface area contributed by atoms with E-state index in [0.717, 1.165) is 73.1 Å². The summed E-state index contributed by atoms with van der Waals surface area (Å²) >= 11 is 1.69. The van der Waals surface area contributed by atoms with Crippen LogP contribution in [0.25, 0.3) is 10.2 Å². The Morgan fingerprint density at radius 1 is 1.24 bits per heavy atom. The summed E-state index contributed by atoms with van der Waals surface area (Å²) in [5.74, 6) is 1.14. The fraction of sp³-hybridized carbons (Fsp3) is 0.462. The monoisotopic (exact) mass is 466 g/mol. The van der Waals surface area contributed by atoms with Crippen molar-refractivity contribution in [2.45, 2.75) is 33.1 Å². The second-order valence-corrected chi connectivity index (χ2v) is 9.66. The van der Waals surface area contributed by atoms with Gasteiger partial charge in [-0.25, -0.2) is 4.98 Å². The van der Waals surface area contributed by atoms with Gasteiger partial charge in [0.25, 0.3) is 0 Å². The highest BCUT2D eigenvalue weighted by Gasteiger charge is 2.26. The number of rotatable bonds is 9. The summed E-state index contributed by atoms with van der Waals surface area (Å²) in [7, 11) is 1.68. The Hall–Kier alpha value is -2.80. The topological polar surface area (TPSA) is 57.7 Å². The summed E-state index contributed by atoms with van der Waals surface area (Å²) in [4.78, 5) is 22.2. The standard InChI is InChI=1S/C26H34N4O2S/c1-4-29(21-8-5-7-19(2)17-21)14-6-13-27-25(31)20-11-15-30(16-12-20)26-28-23-10-9-22(32-3)18-24(23)33-26/h5,7-10,17-18,20H,4,6,11-16H2,1-3H3,(H,27,31). The Labute approximate surface area is 200 Å². The molecule has 2 aromatic carbocycles. The highest BCUT2D eigenvalue weighted by molar-refractivity contribution is 7.22. The number of ether oxygens (including phenoxy) is 1. The number of carbonyl (C=O) groups is 1. The van der Waals surface area contributed by atoms with E-state index in [4.69, 9.17) is 9.72 Å². The number of hydrogen-bond donors (Lipinski definition) is 1. The molecule has 1 N–H and O–H groups in total. The van der Waals surface area contributed by atoms with Gasteiger partial charge in [0.05, 0.1) is 17.3 Å². The van der Waals surface area contributed by atoms with Crippen LogP contribution in [0, 0.1) is 12.8 Å².